The van der Waals surface area contributed by atoms with Crippen molar-refractivity contribution in [3.8, 4) is 0 Å². The highest BCUT2D eigenvalue weighted by atomic mass is 15.5. The molecule has 2 aliphatic heterocycles. The molecule has 2 heteroatoms. The third kappa shape index (κ3) is 0.993. The van der Waals surface area contributed by atoms with E-state index in [1.807, 2.05) is 0 Å². The largest absolute Gasteiger partial charge is 0.350 e. The minimum absolute atomic E-state index is 0.0490. The number of para-hydroxylation sites is 3. The van der Waals surface area contributed by atoms with Crippen LogP contribution in [0.5, 0.6) is 0 Å². The van der Waals surface area contributed by atoms with Gasteiger partial charge in [-0.15, -0.1) is 0 Å². The van der Waals surface area contributed by atoms with Crippen LogP contribution in [0.3, 0.4) is 0 Å². The highest BCUT2D eigenvalue weighted by Gasteiger charge is 2.49. The average molecular weight is 236 g/mol. The van der Waals surface area contributed by atoms with Crippen LogP contribution in [-0.2, 0) is 6.42 Å². The van der Waals surface area contributed by atoms with Crippen molar-refractivity contribution in [1.82, 2.24) is 0 Å². The van der Waals surface area contributed by atoms with Gasteiger partial charge in [0.25, 0.3) is 0 Å². The van der Waals surface area contributed by atoms with Crippen molar-refractivity contribution in [2.75, 3.05) is 16.8 Å². The van der Waals surface area contributed by atoms with E-state index in [1.54, 1.807) is 0 Å². The number of likely N-dealkylation sites (N-methyl/N-ethyl adjacent to an activating group) is 1. The lowest BCUT2D eigenvalue weighted by Gasteiger charge is -2.36. The molecule has 4 rings (SSSR count). The van der Waals surface area contributed by atoms with Gasteiger partial charge in [-0.25, -0.2) is 0 Å². The number of anilines is 3. The summed E-state index contributed by atoms with van der Waals surface area (Å²) in [5.41, 5.74) is 5.51. The van der Waals surface area contributed by atoms with Crippen LogP contribution < -0.4 is 9.80 Å². The second-order valence-corrected chi connectivity index (χ2v) is 5.41. The lowest BCUT2D eigenvalue weighted by atomic mass is 10.1. The lowest BCUT2D eigenvalue weighted by molar-refractivity contribution is 0.496. The molecular formula is C16H16N2. The van der Waals surface area contributed by atoms with Gasteiger partial charge in [-0.3, -0.25) is 0 Å². The first-order chi connectivity index (χ1) is 8.72. The lowest BCUT2D eigenvalue weighted by Crippen LogP contribution is -2.49. The predicted molar refractivity (Wildman–Crippen MR) is 75.5 cm³/mol. The van der Waals surface area contributed by atoms with Crippen molar-refractivity contribution < 1.29 is 0 Å². The molecule has 18 heavy (non-hydrogen) atoms. The van der Waals surface area contributed by atoms with E-state index < -0.39 is 0 Å². The molecule has 0 bridgehead atoms. The van der Waals surface area contributed by atoms with E-state index in [0.29, 0.717) is 0 Å². The van der Waals surface area contributed by atoms with Crippen LogP contribution in [0.2, 0.25) is 0 Å². The number of benzene rings is 2. The maximum atomic E-state index is 2.48. The van der Waals surface area contributed by atoms with E-state index in [0.717, 1.165) is 6.42 Å². The molecule has 90 valence electrons. The Bertz CT molecular complexity index is 634. The third-order valence-corrected chi connectivity index (χ3v) is 4.45. The van der Waals surface area contributed by atoms with Gasteiger partial charge in [-0.05, 0) is 30.7 Å². The first kappa shape index (κ1) is 10.0. The van der Waals surface area contributed by atoms with Gasteiger partial charge in [0.15, 0.2) is 0 Å². The molecule has 2 aromatic rings. The van der Waals surface area contributed by atoms with Crippen LogP contribution in [0.25, 0.3) is 0 Å². The highest BCUT2D eigenvalue weighted by Crippen LogP contribution is 2.54. The van der Waals surface area contributed by atoms with Gasteiger partial charge < -0.3 is 9.80 Å². The minimum atomic E-state index is 0.0490. The van der Waals surface area contributed by atoms with Crippen LogP contribution in [0.15, 0.2) is 48.5 Å². The quantitative estimate of drug-likeness (QED) is 0.690. The number of fused-ring (bicyclic) bond motifs is 5. The Kier molecular flexibility index (Phi) is 1.71. The molecule has 0 fully saturated rings. The summed E-state index contributed by atoms with van der Waals surface area (Å²) >= 11 is 0. The maximum absolute atomic E-state index is 2.48. The molecule has 0 radical (unpaired) electrons. The Morgan fingerprint density at radius 3 is 2.28 bits per heavy atom. The fourth-order valence-corrected chi connectivity index (χ4v) is 3.43. The standard InChI is InChI=1S/C16H16N2/c1-16-11-12-7-3-4-8-13(12)18(16)15-10-6-5-9-14(15)17(16)2/h3-10H,11H2,1-2H3/t16-/m1/s1. The van der Waals surface area contributed by atoms with Crippen LogP contribution in [-0.4, -0.2) is 12.7 Å². The van der Waals surface area contributed by atoms with Crippen LogP contribution in [0, 0.1) is 0 Å². The van der Waals surface area contributed by atoms with Crippen molar-refractivity contribution >= 4 is 17.1 Å². The molecule has 0 unspecified atom stereocenters. The predicted octanol–water partition coefficient (Wildman–Crippen LogP) is 3.55. The van der Waals surface area contributed by atoms with Gasteiger partial charge in [0, 0.05) is 19.2 Å². The molecule has 2 aromatic carbocycles. The smallest absolute Gasteiger partial charge is 0.118 e. The van der Waals surface area contributed by atoms with Crippen molar-refractivity contribution in [1.29, 1.82) is 0 Å². The summed E-state index contributed by atoms with van der Waals surface area (Å²) in [5.74, 6) is 0. The first-order valence-corrected chi connectivity index (χ1v) is 6.43. The second kappa shape index (κ2) is 3.08. The Labute approximate surface area is 107 Å². The van der Waals surface area contributed by atoms with Crippen molar-refractivity contribution in [2.45, 2.75) is 19.0 Å². The van der Waals surface area contributed by atoms with E-state index in [-0.39, 0.29) is 5.66 Å². The first-order valence-electron chi connectivity index (χ1n) is 6.43. The summed E-state index contributed by atoms with van der Waals surface area (Å²) in [6.07, 6.45) is 1.08. The summed E-state index contributed by atoms with van der Waals surface area (Å²) in [6.45, 7) is 2.33. The third-order valence-electron chi connectivity index (χ3n) is 4.45. The van der Waals surface area contributed by atoms with Crippen LogP contribution in [0.1, 0.15) is 12.5 Å². The topological polar surface area (TPSA) is 6.48 Å². The van der Waals surface area contributed by atoms with Gasteiger partial charge in [0.05, 0.1) is 11.4 Å². The zero-order valence-electron chi connectivity index (χ0n) is 10.7. The van der Waals surface area contributed by atoms with Gasteiger partial charge in [0.2, 0.25) is 0 Å². The number of hydrogen-bond acceptors (Lipinski definition) is 2. The molecule has 0 saturated carbocycles. The van der Waals surface area contributed by atoms with Gasteiger partial charge in [0.1, 0.15) is 5.66 Å². The minimum Gasteiger partial charge on any atom is -0.350 e. The molecule has 1 atom stereocenters. The molecule has 0 spiro atoms. The Hall–Kier alpha value is -1.96. The Balaban J connectivity index is 2.01. The molecule has 0 aromatic heterocycles. The fourth-order valence-electron chi connectivity index (χ4n) is 3.43. The van der Waals surface area contributed by atoms with Crippen molar-refractivity contribution in [3.63, 3.8) is 0 Å². The summed E-state index contributed by atoms with van der Waals surface area (Å²) in [5, 5.41) is 0. The molecule has 0 N–H and O–H groups in total. The molecule has 2 nitrogen and oxygen atoms in total. The zero-order valence-corrected chi connectivity index (χ0v) is 10.7. The Morgan fingerprint density at radius 2 is 1.50 bits per heavy atom. The zero-order chi connectivity index (χ0) is 12.3. The highest BCUT2D eigenvalue weighted by molar-refractivity contribution is 5.88. The Morgan fingerprint density at radius 1 is 0.889 bits per heavy atom. The van der Waals surface area contributed by atoms with Gasteiger partial charge >= 0.3 is 0 Å². The maximum Gasteiger partial charge on any atom is 0.118 e. The number of nitrogens with zero attached hydrogens (tertiary/aromatic N) is 2. The van der Waals surface area contributed by atoms with Crippen molar-refractivity contribution in [2.24, 2.45) is 0 Å². The fraction of sp³-hybridized carbons (Fsp3) is 0.250. The normalized spacial score (nSPS) is 23.9. The summed E-state index contributed by atoms with van der Waals surface area (Å²) in [7, 11) is 2.20. The molecule has 2 aliphatic rings. The van der Waals surface area contributed by atoms with E-state index >= 15 is 0 Å². The monoisotopic (exact) mass is 236 g/mol. The number of hydrogen-bond donors (Lipinski definition) is 0. The SMILES string of the molecule is CN1c2ccccc2N2c3ccccc3C[C@]12C. The summed E-state index contributed by atoms with van der Waals surface area (Å²) in [6, 6.07) is 17.4. The van der Waals surface area contributed by atoms with E-state index in [1.165, 1.54) is 22.6 Å². The molecule has 2 heterocycles. The number of rotatable bonds is 0. The van der Waals surface area contributed by atoms with Crippen molar-refractivity contribution in [3.05, 3.63) is 54.1 Å². The molecule has 0 aliphatic carbocycles. The summed E-state index contributed by atoms with van der Waals surface area (Å²) in [4.78, 5) is 4.89. The molecule has 0 saturated heterocycles. The van der Waals surface area contributed by atoms with Crippen LogP contribution >= 0.6 is 0 Å². The second-order valence-electron chi connectivity index (χ2n) is 5.41. The van der Waals surface area contributed by atoms with E-state index in [2.05, 4.69) is 72.3 Å². The summed E-state index contributed by atoms with van der Waals surface area (Å²) < 4.78 is 0. The average Bonchev–Trinajstić information content (AvgIpc) is 2.81. The van der Waals surface area contributed by atoms with Gasteiger partial charge in [-0.2, -0.15) is 0 Å². The molecular weight excluding hydrogens is 220 g/mol. The van der Waals surface area contributed by atoms with E-state index in [4.69, 9.17) is 0 Å². The van der Waals surface area contributed by atoms with Gasteiger partial charge in [-0.1, -0.05) is 30.3 Å². The van der Waals surface area contributed by atoms with E-state index in [9.17, 15) is 0 Å². The van der Waals surface area contributed by atoms with Crippen LogP contribution in [0.4, 0.5) is 17.1 Å². The molecule has 0 amide bonds.